The van der Waals surface area contributed by atoms with Crippen molar-refractivity contribution in [1.29, 1.82) is 0 Å². The van der Waals surface area contributed by atoms with Crippen molar-refractivity contribution in [3.8, 4) is 0 Å². The van der Waals surface area contributed by atoms with Crippen LogP contribution in [-0.4, -0.2) is 21.4 Å². The molecule has 1 aliphatic heterocycles. The normalized spacial score (nSPS) is 12.9. The number of para-hydroxylation sites is 1. The van der Waals surface area contributed by atoms with Crippen LogP contribution in [-0.2, 0) is 13.0 Å². The summed E-state index contributed by atoms with van der Waals surface area (Å²) in [6.45, 7) is 0.548. The highest BCUT2D eigenvalue weighted by atomic mass is 19.1. The Hall–Kier alpha value is -3.55. The van der Waals surface area contributed by atoms with Crippen molar-refractivity contribution in [2.45, 2.75) is 25.8 Å². The second-order valence-corrected chi connectivity index (χ2v) is 6.73. The van der Waals surface area contributed by atoms with Gasteiger partial charge in [0.05, 0.1) is 11.4 Å². The molecule has 2 aromatic carbocycles. The highest BCUT2D eigenvalue weighted by Gasteiger charge is 2.28. The van der Waals surface area contributed by atoms with Crippen molar-refractivity contribution in [2.75, 3.05) is 10.6 Å². The number of hydrogen-bond acceptors (Lipinski definition) is 3. The minimum atomic E-state index is -0.584. The van der Waals surface area contributed by atoms with Gasteiger partial charge < -0.3 is 15.2 Å². The third kappa shape index (κ3) is 3.87. The summed E-state index contributed by atoms with van der Waals surface area (Å²) in [4.78, 5) is 29.8. The molecule has 4 rings (SSSR count). The maximum Gasteiger partial charge on any atom is 0.291 e. The first kappa shape index (κ1) is 18.8. The van der Waals surface area contributed by atoms with E-state index in [9.17, 15) is 18.4 Å². The molecule has 2 N–H and O–H groups in total. The number of carbonyl (C=O) groups excluding carboxylic acids is 2. The Morgan fingerprint density at radius 2 is 1.69 bits per heavy atom. The number of rotatable bonds is 4. The molecule has 0 saturated heterocycles. The monoisotopic (exact) mass is 396 g/mol. The lowest BCUT2D eigenvalue weighted by Crippen LogP contribution is -2.21. The third-order valence-corrected chi connectivity index (χ3v) is 4.76. The summed E-state index contributed by atoms with van der Waals surface area (Å²) in [6.07, 6.45) is 2.32. The third-order valence-electron chi connectivity index (χ3n) is 4.76. The lowest BCUT2D eigenvalue weighted by molar-refractivity contribution is 0.101. The number of hydrogen-bond donors (Lipinski definition) is 2. The van der Waals surface area contributed by atoms with Gasteiger partial charge in [0.25, 0.3) is 11.8 Å². The van der Waals surface area contributed by atoms with Crippen LogP contribution in [0.1, 0.15) is 39.6 Å². The Kier molecular flexibility index (Phi) is 5.07. The molecule has 29 heavy (non-hydrogen) atoms. The van der Waals surface area contributed by atoms with E-state index in [1.54, 1.807) is 10.6 Å². The van der Waals surface area contributed by atoms with Gasteiger partial charge in [0, 0.05) is 12.2 Å². The van der Waals surface area contributed by atoms with Gasteiger partial charge in [-0.05, 0) is 55.7 Å². The van der Waals surface area contributed by atoms with Crippen molar-refractivity contribution in [3.63, 3.8) is 0 Å². The highest BCUT2D eigenvalue weighted by Crippen LogP contribution is 2.23. The maximum absolute atomic E-state index is 13.9. The molecule has 2 heterocycles. The molecular formula is C21H18F2N4O2. The SMILES string of the molecule is O=C(Nc1ccc(F)cc1)c1nc(C(=O)Nc2ccccc2F)n2c1CCCC2. The van der Waals surface area contributed by atoms with E-state index >= 15 is 0 Å². The predicted octanol–water partition coefficient (Wildman–Crippen LogP) is 4.00. The van der Waals surface area contributed by atoms with Crippen molar-refractivity contribution in [3.05, 3.63) is 77.4 Å². The molecule has 8 heteroatoms. The summed E-state index contributed by atoms with van der Waals surface area (Å²) in [5.74, 6) is -1.96. The van der Waals surface area contributed by atoms with Crippen LogP contribution in [0.2, 0.25) is 0 Å². The lowest BCUT2D eigenvalue weighted by Gasteiger charge is -2.17. The van der Waals surface area contributed by atoms with Gasteiger partial charge in [0.1, 0.15) is 11.6 Å². The fourth-order valence-electron chi connectivity index (χ4n) is 3.36. The van der Waals surface area contributed by atoms with Crippen LogP contribution in [0.25, 0.3) is 0 Å². The van der Waals surface area contributed by atoms with Gasteiger partial charge in [-0.2, -0.15) is 0 Å². The molecule has 0 fully saturated rings. The second-order valence-electron chi connectivity index (χ2n) is 6.73. The van der Waals surface area contributed by atoms with Gasteiger partial charge in [-0.25, -0.2) is 13.8 Å². The van der Waals surface area contributed by atoms with Crippen molar-refractivity contribution < 1.29 is 18.4 Å². The Bertz CT molecular complexity index is 1080. The van der Waals surface area contributed by atoms with Crippen LogP contribution in [0.3, 0.4) is 0 Å². The summed E-state index contributed by atoms with van der Waals surface area (Å²) in [6, 6.07) is 11.2. The fourth-order valence-corrected chi connectivity index (χ4v) is 3.36. The number of nitrogens with zero attached hydrogens (tertiary/aromatic N) is 2. The summed E-state index contributed by atoms with van der Waals surface area (Å²) < 4.78 is 28.7. The number of halogens is 2. The molecule has 0 atom stereocenters. The van der Waals surface area contributed by atoms with Crippen molar-refractivity contribution in [1.82, 2.24) is 9.55 Å². The van der Waals surface area contributed by atoms with E-state index in [1.165, 1.54) is 42.5 Å². The van der Waals surface area contributed by atoms with Gasteiger partial charge in [-0.3, -0.25) is 9.59 Å². The molecule has 0 unspecified atom stereocenters. The summed E-state index contributed by atoms with van der Waals surface area (Å²) in [7, 11) is 0. The van der Waals surface area contributed by atoms with Crippen molar-refractivity contribution in [2.24, 2.45) is 0 Å². The smallest absolute Gasteiger partial charge is 0.291 e. The standard InChI is InChI=1S/C21H18F2N4O2/c22-13-8-10-14(11-9-13)24-20(28)18-17-7-3-4-12-27(17)19(26-18)21(29)25-16-6-2-1-5-15(16)23/h1-2,5-6,8-11H,3-4,7,12H2,(H,24,28)(H,25,29). The Balaban J connectivity index is 1.63. The predicted molar refractivity (Wildman–Crippen MR) is 104 cm³/mol. The molecule has 0 aliphatic carbocycles. The number of aromatic nitrogens is 2. The Labute approximate surface area is 165 Å². The molecule has 3 aromatic rings. The first-order valence-corrected chi connectivity index (χ1v) is 9.25. The van der Waals surface area contributed by atoms with Crippen LogP contribution in [0.15, 0.2) is 48.5 Å². The van der Waals surface area contributed by atoms with Crippen LogP contribution >= 0.6 is 0 Å². The van der Waals surface area contributed by atoms with Crippen LogP contribution in [0.4, 0.5) is 20.2 Å². The molecule has 0 spiro atoms. The highest BCUT2D eigenvalue weighted by molar-refractivity contribution is 6.07. The topological polar surface area (TPSA) is 76.0 Å². The molecular weight excluding hydrogens is 378 g/mol. The van der Waals surface area contributed by atoms with E-state index in [0.29, 0.717) is 24.3 Å². The lowest BCUT2D eigenvalue weighted by atomic mass is 10.1. The number of amides is 2. The molecule has 2 amide bonds. The van der Waals surface area contributed by atoms with E-state index in [4.69, 9.17) is 0 Å². The zero-order valence-electron chi connectivity index (χ0n) is 15.4. The van der Waals surface area contributed by atoms with Gasteiger partial charge in [-0.15, -0.1) is 0 Å². The number of imidazole rings is 1. The average molecular weight is 396 g/mol. The van der Waals surface area contributed by atoms with Crippen molar-refractivity contribution >= 4 is 23.2 Å². The molecule has 148 valence electrons. The van der Waals surface area contributed by atoms with E-state index in [-0.39, 0.29) is 17.2 Å². The summed E-state index contributed by atoms with van der Waals surface area (Å²) >= 11 is 0. The van der Waals surface area contributed by atoms with Crippen LogP contribution < -0.4 is 10.6 Å². The Morgan fingerprint density at radius 3 is 2.45 bits per heavy atom. The molecule has 0 radical (unpaired) electrons. The first-order valence-electron chi connectivity index (χ1n) is 9.25. The van der Waals surface area contributed by atoms with Gasteiger partial charge >= 0.3 is 0 Å². The van der Waals surface area contributed by atoms with Crippen LogP contribution in [0, 0.1) is 11.6 Å². The number of nitrogens with one attached hydrogen (secondary N) is 2. The van der Waals surface area contributed by atoms with Gasteiger partial charge in [0.15, 0.2) is 11.5 Å². The molecule has 6 nitrogen and oxygen atoms in total. The molecule has 0 saturated carbocycles. The molecule has 1 aliphatic rings. The van der Waals surface area contributed by atoms with Gasteiger partial charge in [0.2, 0.25) is 0 Å². The minimum Gasteiger partial charge on any atom is -0.323 e. The number of benzene rings is 2. The quantitative estimate of drug-likeness (QED) is 0.700. The molecule has 1 aromatic heterocycles. The zero-order chi connectivity index (χ0) is 20.4. The van der Waals surface area contributed by atoms with E-state index < -0.39 is 23.4 Å². The number of carbonyl (C=O) groups is 2. The van der Waals surface area contributed by atoms with Gasteiger partial charge in [-0.1, -0.05) is 12.1 Å². The first-order chi connectivity index (χ1) is 14.0. The fraction of sp³-hybridized carbons (Fsp3) is 0.190. The van der Waals surface area contributed by atoms with Crippen LogP contribution in [0.5, 0.6) is 0 Å². The Morgan fingerprint density at radius 1 is 0.931 bits per heavy atom. The number of fused-ring (bicyclic) bond motifs is 1. The largest absolute Gasteiger partial charge is 0.323 e. The molecule has 0 bridgehead atoms. The maximum atomic E-state index is 13.9. The summed E-state index contributed by atoms with van der Waals surface area (Å²) in [5.41, 5.74) is 1.27. The summed E-state index contributed by atoms with van der Waals surface area (Å²) in [5, 5.41) is 5.19. The van der Waals surface area contributed by atoms with E-state index in [0.717, 1.165) is 12.8 Å². The average Bonchev–Trinajstić information content (AvgIpc) is 3.11. The number of anilines is 2. The minimum absolute atomic E-state index is 0.0444. The van der Waals surface area contributed by atoms with E-state index in [2.05, 4.69) is 15.6 Å². The van der Waals surface area contributed by atoms with E-state index in [1.807, 2.05) is 0 Å². The second kappa shape index (κ2) is 7.83. The zero-order valence-corrected chi connectivity index (χ0v) is 15.4.